The van der Waals surface area contributed by atoms with Gasteiger partial charge in [0, 0.05) is 35.4 Å². The van der Waals surface area contributed by atoms with Crippen LogP contribution in [0.25, 0.3) is 0 Å². The number of aliphatic hydroxyl groups is 1. The molecule has 72 valence electrons. The van der Waals surface area contributed by atoms with Gasteiger partial charge in [0.05, 0.1) is 6.10 Å². The Labute approximate surface area is 76.0 Å². The molecule has 0 heterocycles. The minimum atomic E-state index is -0.721. The van der Waals surface area contributed by atoms with Gasteiger partial charge in [-0.05, 0) is 19.3 Å². The molecule has 1 aliphatic carbocycles. The molecule has 1 saturated carbocycles. The Kier molecular flexibility index (Phi) is 4.18. The highest BCUT2D eigenvalue weighted by molar-refractivity contribution is 7.84. The van der Waals surface area contributed by atoms with Crippen molar-refractivity contribution in [2.24, 2.45) is 0 Å². The molecule has 0 aromatic carbocycles. The molecule has 12 heavy (non-hydrogen) atoms. The first-order chi connectivity index (χ1) is 5.70. The quantitative estimate of drug-likeness (QED) is 0.651. The van der Waals surface area contributed by atoms with Crippen LogP contribution in [0.4, 0.5) is 0 Å². The third-order valence-electron chi connectivity index (χ3n) is 2.28. The Morgan fingerprint density at radius 2 is 2.33 bits per heavy atom. The molecule has 1 fully saturated rings. The van der Waals surface area contributed by atoms with Crippen molar-refractivity contribution < 1.29 is 9.32 Å². The zero-order chi connectivity index (χ0) is 8.97. The normalized spacial score (nSPS) is 32.2. The minimum absolute atomic E-state index is 0.185. The predicted octanol–water partition coefficient (Wildman–Crippen LogP) is -0.132. The third-order valence-corrected chi connectivity index (χ3v) is 3.05. The molecule has 0 radical (unpaired) electrons. The fraction of sp³-hybridized carbons (Fsp3) is 1.00. The van der Waals surface area contributed by atoms with Gasteiger partial charge in [0.15, 0.2) is 0 Å². The van der Waals surface area contributed by atoms with Crippen LogP contribution in [-0.4, -0.2) is 40.0 Å². The molecule has 0 aliphatic heterocycles. The fourth-order valence-electron chi connectivity index (χ4n) is 1.57. The SMILES string of the molecule is CS(=O)CCN[C@@H]1CCC[C@H]1O. The second kappa shape index (κ2) is 4.94. The Balaban J connectivity index is 2.10. The van der Waals surface area contributed by atoms with Gasteiger partial charge in [0.2, 0.25) is 0 Å². The molecule has 0 spiro atoms. The maximum absolute atomic E-state index is 10.7. The first-order valence-electron chi connectivity index (χ1n) is 4.41. The average Bonchev–Trinajstić information content (AvgIpc) is 2.36. The van der Waals surface area contributed by atoms with E-state index in [1.807, 2.05) is 0 Å². The molecule has 0 amide bonds. The third kappa shape index (κ3) is 3.21. The number of rotatable bonds is 4. The number of nitrogens with one attached hydrogen (secondary N) is 1. The van der Waals surface area contributed by atoms with Crippen LogP contribution in [0, 0.1) is 0 Å². The van der Waals surface area contributed by atoms with E-state index in [2.05, 4.69) is 5.32 Å². The lowest BCUT2D eigenvalue weighted by molar-refractivity contribution is 0.150. The molecule has 0 bridgehead atoms. The van der Waals surface area contributed by atoms with Crippen molar-refractivity contribution in [2.45, 2.75) is 31.4 Å². The summed E-state index contributed by atoms with van der Waals surface area (Å²) < 4.78 is 10.7. The van der Waals surface area contributed by atoms with E-state index in [-0.39, 0.29) is 12.1 Å². The van der Waals surface area contributed by atoms with Crippen LogP contribution in [0.15, 0.2) is 0 Å². The summed E-state index contributed by atoms with van der Waals surface area (Å²) in [5, 5.41) is 12.6. The van der Waals surface area contributed by atoms with Crippen LogP contribution >= 0.6 is 0 Å². The predicted molar refractivity (Wildman–Crippen MR) is 50.6 cm³/mol. The van der Waals surface area contributed by atoms with Crippen molar-refractivity contribution in [3.8, 4) is 0 Å². The second-order valence-corrected chi connectivity index (χ2v) is 4.89. The van der Waals surface area contributed by atoms with Crippen molar-refractivity contribution in [1.29, 1.82) is 0 Å². The smallest absolute Gasteiger partial charge is 0.0693 e. The highest BCUT2D eigenvalue weighted by Crippen LogP contribution is 2.18. The van der Waals surface area contributed by atoms with Gasteiger partial charge in [0.25, 0.3) is 0 Å². The summed E-state index contributed by atoms with van der Waals surface area (Å²) in [6, 6.07) is 0.244. The summed E-state index contributed by atoms with van der Waals surface area (Å²) in [6.07, 6.45) is 4.58. The summed E-state index contributed by atoms with van der Waals surface area (Å²) in [4.78, 5) is 0. The molecule has 0 aromatic rings. The minimum Gasteiger partial charge on any atom is -0.392 e. The van der Waals surface area contributed by atoms with E-state index in [4.69, 9.17) is 0 Å². The Morgan fingerprint density at radius 1 is 1.58 bits per heavy atom. The van der Waals surface area contributed by atoms with E-state index in [9.17, 15) is 9.32 Å². The van der Waals surface area contributed by atoms with Gasteiger partial charge in [-0.15, -0.1) is 0 Å². The zero-order valence-corrected chi connectivity index (χ0v) is 8.27. The Hall–Kier alpha value is 0.0700. The second-order valence-electron chi connectivity index (χ2n) is 3.34. The van der Waals surface area contributed by atoms with Gasteiger partial charge < -0.3 is 10.4 Å². The Morgan fingerprint density at radius 3 is 2.83 bits per heavy atom. The Bertz CT molecular complexity index is 163. The summed E-state index contributed by atoms with van der Waals surface area (Å²) in [7, 11) is -0.721. The van der Waals surface area contributed by atoms with Crippen molar-refractivity contribution in [3.05, 3.63) is 0 Å². The van der Waals surface area contributed by atoms with Crippen LogP contribution in [0.2, 0.25) is 0 Å². The van der Waals surface area contributed by atoms with Gasteiger partial charge >= 0.3 is 0 Å². The molecule has 2 N–H and O–H groups in total. The molecule has 3 atom stereocenters. The van der Waals surface area contributed by atoms with E-state index >= 15 is 0 Å². The van der Waals surface area contributed by atoms with E-state index in [0.717, 1.165) is 25.8 Å². The molecule has 3 nitrogen and oxygen atoms in total. The van der Waals surface area contributed by atoms with E-state index < -0.39 is 10.8 Å². The standard InChI is InChI=1S/C8H17NO2S/c1-12(11)6-5-9-7-3-2-4-8(7)10/h7-10H,2-6H2,1H3/t7-,8-,12?/m1/s1. The summed E-state index contributed by atoms with van der Waals surface area (Å²) >= 11 is 0. The van der Waals surface area contributed by atoms with Crippen LogP contribution in [-0.2, 0) is 10.8 Å². The molecular formula is C8H17NO2S. The maximum atomic E-state index is 10.7. The van der Waals surface area contributed by atoms with Crippen molar-refractivity contribution in [3.63, 3.8) is 0 Å². The van der Waals surface area contributed by atoms with Crippen molar-refractivity contribution in [2.75, 3.05) is 18.6 Å². The zero-order valence-electron chi connectivity index (χ0n) is 7.45. The highest BCUT2D eigenvalue weighted by Gasteiger charge is 2.23. The molecular weight excluding hydrogens is 174 g/mol. The van der Waals surface area contributed by atoms with Gasteiger partial charge in [-0.3, -0.25) is 4.21 Å². The van der Waals surface area contributed by atoms with Gasteiger partial charge in [-0.2, -0.15) is 0 Å². The van der Waals surface area contributed by atoms with E-state index in [1.165, 1.54) is 0 Å². The first-order valence-corrected chi connectivity index (χ1v) is 6.14. The highest BCUT2D eigenvalue weighted by atomic mass is 32.2. The van der Waals surface area contributed by atoms with Gasteiger partial charge in [-0.1, -0.05) is 0 Å². The maximum Gasteiger partial charge on any atom is 0.0693 e. The van der Waals surface area contributed by atoms with Gasteiger partial charge in [-0.25, -0.2) is 0 Å². The van der Waals surface area contributed by atoms with Gasteiger partial charge in [0.1, 0.15) is 0 Å². The lowest BCUT2D eigenvalue weighted by Crippen LogP contribution is -2.37. The number of aliphatic hydroxyl groups excluding tert-OH is 1. The molecule has 1 unspecified atom stereocenters. The molecule has 4 heteroatoms. The molecule has 1 aliphatic rings. The van der Waals surface area contributed by atoms with Crippen molar-refractivity contribution >= 4 is 10.8 Å². The topological polar surface area (TPSA) is 49.3 Å². The fourth-order valence-corrected chi connectivity index (χ4v) is 1.97. The van der Waals surface area contributed by atoms with Crippen LogP contribution in [0.1, 0.15) is 19.3 Å². The first kappa shape index (κ1) is 10.2. The largest absolute Gasteiger partial charge is 0.392 e. The summed E-state index contributed by atoms with van der Waals surface area (Å²) in [5.41, 5.74) is 0. The summed E-state index contributed by atoms with van der Waals surface area (Å²) in [6.45, 7) is 0.755. The van der Waals surface area contributed by atoms with Crippen LogP contribution in [0.3, 0.4) is 0 Å². The number of hydrogen-bond acceptors (Lipinski definition) is 3. The lowest BCUT2D eigenvalue weighted by Gasteiger charge is -2.15. The van der Waals surface area contributed by atoms with E-state index in [0.29, 0.717) is 5.75 Å². The van der Waals surface area contributed by atoms with Crippen LogP contribution in [0.5, 0.6) is 0 Å². The molecule has 0 saturated heterocycles. The molecule has 0 aromatic heterocycles. The monoisotopic (exact) mass is 191 g/mol. The molecule has 1 rings (SSSR count). The lowest BCUT2D eigenvalue weighted by atomic mass is 10.2. The number of hydrogen-bond donors (Lipinski definition) is 2. The van der Waals surface area contributed by atoms with Crippen molar-refractivity contribution in [1.82, 2.24) is 5.32 Å². The summed E-state index contributed by atoms with van der Waals surface area (Å²) in [5.74, 6) is 0.684. The average molecular weight is 191 g/mol. The van der Waals surface area contributed by atoms with Crippen LogP contribution < -0.4 is 5.32 Å². The van der Waals surface area contributed by atoms with E-state index in [1.54, 1.807) is 6.26 Å².